The molecule has 0 amide bonds. The van der Waals surface area contributed by atoms with Gasteiger partial charge in [-0.15, -0.1) is 0 Å². The zero-order chi connectivity index (χ0) is 15.8. The number of aliphatic carboxylic acids is 1. The van der Waals surface area contributed by atoms with Gasteiger partial charge in [-0.3, -0.25) is 4.79 Å². The van der Waals surface area contributed by atoms with Gasteiger partial charge in [-0.05, 0) is 37.5 Å². The average Bonchev–Trinajstić information content (AvgIpc) is 2.43. The first-order valence-corrected chi connectivity index (χ1v) is 7.28. The molecule has 118 valence electrons. The first-order valence-electron chi connectivity index (χ1n) is 7.28. The minimum atomic E-state index is -0.864. The van der Waals surface area contributed by atoms with Crippen molar-refractivity contribution in [3.05, 3.63) is 23.8 Å². The number of hydrogen-bond acceptors (Lipinski definition) is 4. The van der Waals surface area contributed by atoms with E-state index in [1.54, 1.807) is 6.92 Å². The topological polar surface area (TPSA) is 67.8 Å². The molecule has 0 aliphatic carbocycles. The first kappa shape index (κ1) is 17.3. The standard InChI is InChI=1S/C16H25NO4/c1-5-20-15-8-13(9-17-12(4)16(18)19)6-7-14(15)21-10-11(2)3/h6-8,11-12,17H,5,9-10H2,1-4H3,(H,18,19). The zero-order valence-corrected chi connectivity index (χ0v) is 13.2. The fourth-order valence-corrected chi connectivity index (χ4v) is 1.66. The van der Waals surface area contributed by atoms with Crippen LogP contribution in [0.1, 0.15) is 33.3 Å². The average molecular weight is 295 g/mol. The molecule has 5 nitrogen and oxygen atoms in total. The molecule has 21 heavy (non-hydrogen) atoms. The first-order chi connectivity index (χ1) is 9.93. The second-order valence-corrected chi connectivity index (χ2v) is 5.36. The van der Waals surface area contributed by atoms with E-state index in [9.17, 15) is 4.79 Å². The monoisotopic (exact) mass is 295 g/mol. The van der Waals surface area contributed by atoms with Gasteiger partial charge < -0.3 is 19.9 Å². The van der Waals surface area contributed by atoms with Gasteiger partial charge in [-0.2, -0.15) is 0 Å². The summed E-state index contributed by atoms with van der Waals surface area (Å²) in [5.41, 5.74) is 0.962. The molecule has 0 aromatic heterocycles. The van der Waals surface area contributed by atoms with E-state index < -0.39 is 12.0 Å². The Morgan fingerprint density at radius 2 is 1.95 bits per heavy atom. The second kappa shape index (κ2) is 8.52. The molecule has 2 N–H and O–H groups in total. The van der Waals surface area contributed by atoms with Crippen LogP contribution in [-0.4, -0.2) is 30.3 Å². The molecule has 0 heterocycles. The Bertz CT molecular complexity index is 460. The molecule has 1 rings (SSSR count). The van der Waals surface area contributed by atoms with Gasteiger partial charge in [0.25, 0.3) is 0 Å². The van der Waals surface area contributed by atoms with Gasteiger partial charge in [-0.1, -0.05) is 19.9 Å². The lowest BCUT2D eigenvalue weighted by Crippen LogP contribution is -2.33. The summed E-state index contributed by atoms with van der Waals surface area (Å²) in [6.07, 6.45) is 0. The Hall–Kier alpha value is -1.75. The normalized spacial score (nSPS) is 12.2. The molecular weight excluding hydrogens is 270 g/mol. The lowest BCUT2D eigenvalue weighted by atomic mass is 10.2. The summed E-state index contributed by atoms with van der Waals surface area (Å²) in [6, 6.07) is 5.09. The molecule has 0 bridgehead atoms. The van der Waals surface area contributed by atoms with Gasteiger partial charge in [-0.25, -0.2) is 0 Å². The molecule has 1 aromatic carbocycles. The Balaban J connectivity index is 2.74. The van der Waals surface area contributed by atoms with Gasteiger partial charge >= 0.3 is 5.97 Å². The summed E-state index contributed by atoms with van der Waals surface area (Å²) in [5, 5.41) is 11.8. The maximum atomic E-state index is 10.8. The minimum Gasteiger partial charge on any atom is -0.490 e. The molecule has 0 spiro atoms. The maximum absolute atomic E-state index is 10.8. The molecule has 0 aliphatic heterocycles. The largest absolute Gasteiger partial charge is 0.490 e. The Kier molecular flexibility index (Phi) is 7.02. The molecule has 0 radical (unpaired) electrons. The van der Waals surface area contributed by atoms with Crippen LogP contribution in [-0.2, 0) is 11.3 Å². The number of benzene rings is 1. The van der Waals surface area contributed by atoms with Crippen LogP contribution >= 0.6 is 0 Å². The van der Waals surface area contributed by atoms with Gasteiger partial charge in [0.1, 0.15) is 6.04 Å². The third-order valence-corrected chi connectivity index (χ3v) is 2.86. The van der Waals surface area contributed by atoms with Crippen LogP contribution in [0.15, 0.2) is 18.2 Å². The molecule has 1 unspecified atom stereocenters. The molecular formula is C16H25NO4. The number of carbonyl (C=O) groups is 1. The van der Waals surface area contributed by atoms with Crippen molar-refractivity contribution in [3.63, 3.8) is 0 Å². The highest BCUT2D eigenvalue weighted by Gasteiger charge is 2.11. The third kappa shape index (κ3) is 6.04. The predicted octanol–water partition coefficient (Wildman–Crippen LogP) is 2.68. The summed E-state index contributed by atoms with van der Waals surface area (Å²) in [4.78, 5) is 10.8. The van der Waals surface area contributed by atoms with Crippen molar-refractivity contribution in [2.24, 2.45) is 5.92 Å². The van der Waals surface area contributed by atoms with Gasteiger partial charge in [0, 0.05) is 6.54 Å². The molecule has 5 heteroatoms. The van der Waals surface area contributed by atoms with Crippen molar-refractivity contribution in [2.75, 3.05) is 13.2 Å². The van der Waals surface area contributed by atoms with Crippen LogP contribution in [0.5, 0.6) is 11.5 Å². The van der Waals surface area contributed by atoms with Crippen molar-refractivity contribution in [1.82, 2.24) is 5.32 Å². The number of ether oxygens (including phenoxy) is 2. The highest BCUT2D eigenvalue weighted by atomic mass is 16.5. The van der Waals surface area contributed by atoms with Crippen LogP contribution in [0.4, 0.5) is 0 Å². The smallest absolute Gasteiger partial charge is 0.320 e. The van der Waals surface area contributed by atoms with Crippen LogP contribution in [0.2, 0.25) is 0 Å². The molecule has 0 fully saturated rings. The van der Waals surface area contributed by atoms with Crippen molar-refractivity contribution in [1.29, 1.82) is 0 Å². The number of nitrogens with one attached hydrogen (secondary N) is 1. The maximum Gasteiger partial charge on any atom is 0.320 e. The van der Waals surface area contributed by atoms with Crippen molar-refractivity contribution < 1.29 is 19.4 Å². The quantitative estimate of drug-likeness (QED) is 0.733. The highest BCUT2D eigenvalue weighted by molar-refractivity contribution is 5.72. The van der Waals surface area contributed by atoms with Crippen LogP contribution in [0.3, 0.4) is 0 Å². The van der Waals surface area contributed by atoms with E-state index in [-0.39, 0.29) is 0 Å². The van der Waals surface area contributed by atoms with Crippen LogP contribution < -0.4 is 14.8 Å². The summed E-state index contributed by atoms with van der Waals surface area (Å²) in [5.74, 6) is 0.996. The van der Waals surface area contributed by atoms with E-state index in [1.165, 1.54) is 0 Å². The van der Waals surface area contributed by atoms with E-state index in [0.717, 1.165) is 11.3 Å². The fraction of sp³-hybridized carbons (Fsp3) is 0.562. The van der Waals surface area contributed by atoms with E-state index in [4.69, 9.17) is 14.6 Å². The fourth-order valence-electron chi connectivity index (χ4n) is 1.66. The SMILES string of the molecule is CCOc1cc(CNC(C)C(=O)O)ccc1OCC(C)C. The predicted molar refractivity (Wildman–Crippen MR) is 81.9 cm³/mol. The Labute approximate surface area is 126 Å². The van der Waals surface area contributed by atoms with Crippen molar-refractivity contribution in [3.8, 4) is 11.5 Å². The molecule has 1 aromatic rings. The molecule has 0 aliphatic rings. The molecule has 0 saturated heterocycles. The second-order valence-electron chi connectivity index (χ2n) is 5.36. The number of rotatable bonds is 9. The number of carboxylic acids is 1. The van der Waals surface area contributed by atoms with E-state index in [1.807, 2.05) is 25.1 Å². The van der Waals surface area contributed by atoms with Gasteiger partial charge in [0.05, 0.1) is 13.2 Å². The summed E-state index contributed by atoms with van der Waals surface area (Å²) < 4.78 is 11.3. The molecule has 0 saturated carbocycles. The lowest BCUT2D eigenvalue weighted by Gasteiger charge is -2.15. The van der Waals surface area contributed by atoms with Crippen LogP contribution in [0.25, 0.3) is 0 Å². The van der Waals surface area contributed by atoms with Crippen LogP contribution in [0, 0.1) is 5.92 Å². The van der Waals surface area contributed by atoms with Gasteiger partial charge in [0.2, 0.25) is 0 Å². The molecule has 1 atom stereocenters. The van der Waals surface area contributed by atoms with Crippen molar-refractivity contribution >= 4 is 5.97 Å². The van der Waals surface area contributed by atoms with E-state index in [0.29, 0.717) is 31.4 Å². The third-order valence-electron chi connectivity index (χ3n) is 2.86. The van der Waals surface area contributed by atoms with E-state index >= 15 is 0 Å². The highest BCUT2D eigenvalue weighted by Crippen LogP contribution is 2.29. The lowest BCUT2D eigenvalue weighted by molar-refractivity contribution is -0.139. The van der Waals surface area contributed by atoms with Crippen molar-refractivity contribution in [2.45, 2.75) is 40.3 Å². The summed E-state index contributed by atoms with van der Waals surface area (Å²) in [7, 11) is 0. The van der Waals surface area contributed by atoms with Gasteiger partial charge in [0.15, 0.2) is 11.5 Å². The summed E-state index contributed by atoms with van der Waals surface area (Å²) in [6.45, 7) is 9.37. The zero-order valence-electron chi connectivity index (χ0n) is 13.2. The van der Waals surface area contributed by atoms with E-state index in [2.05, 4.69) is 19.2 Å². The minimum absolute atomic E-state index is 0.442. The number of carboxylic acid groups (broad SMARTS) is 1. The number of hydrogen-bond donors (Lipinski definition) is 2. The Morgan fingerprint density at radius 3 is 2.52 bits per heavy atom. The summed E-state index contributed by atoms with van der Waals surface area (Å²) >= 11 is 0. The Morgan fingerprint density at radius 1 is 1.24 bits per heavy atom.